The number of imidazole rings is 1. The first-order valence-corrected chi connectivity index (χ1v) is 13.6. The van der Waals surface area contributed by atoms with Crippen LogP contribution in [-0.2, 0) is 36.8 Å². The Morgan fingerprint density at radius 2 is 1.59 bits per heavy atom. The highest BCUT2D eigenvalue weighted by Gasteiger charge is 2.31. The number of carbonyl (C=O) groups is 5. The average molecular weight is 613 g/mol. The van der Waals surface area contributed by atoms with Crippen molar-refractivity contribution in [2.24, 2.45) is 22.2 Å². The molecule has 0 aliphatic heterocycles. The number of nitrogens with zero attached hydrogens (tertiary/aromatic N) is 2. The number of hydrogen-bond acceptors (Lipinski definition) is 8. The number of aromatic nitrogens is 3. The first-order valence-electron chi connectivity index (χ1n) is 13.6. The van der Waals surface area contributed by atoms with Gasteiger partial charge in [-0.1, -0.05) is 18.2 Å². The van der Waals surface area contributed by atoms with Crippen LogP contribution in [0.1, 0.15) is 30.5 Å². The van der Waals surface area contributed by atoms with E-state index in [4.69, 9.17) is 22.3 Å². The summed E-state index contributed by atoms with van der Waals surface area (Å²) in [7, 11) is 0. The highest BCUT2D eigenvalue weighted by Crippen LogP contribution is 2.19. The van der Waals surface area contributed by atoms with Crippen molar-refractivity contribution in [1.29, 1.82) is 0 Å². The quantitative estimate of drug-likeness (QED) is 0.0455. The molecule has 17 heteroatoms. The number of aliphatic imine (C=N–C) groups is 1. The lowest BCUT2D eigenvalue weighted by molar-refractivity contribution is -0.147. The van der Waals surface area contributed by atoms with E-state index in [9.17, 15) is 29.1 Å². The van der Waals surface area contributed by atoms with E-state index in [2.05, 4.69) is 35.9 Å². The lowest BCUT2D eigenvalue weighted by atomic mass is 10.0. The molecule has 236 valence electrons. The third-order valence-electron chi connectivity index (χ3n) is 6.63. The molecule has 1 aromatic carbocycles. The van der Waals surface area contributed by atoms with Crippen LogP contribution in [-0.4, -0.2) is 91.5 Å². The normalized spacial score (nSPS) is 13.7. The molecule has 0 aliphatic carbocycles. The molecular formula is C27H36N10O7. The SMILES string of the molecule is NC(N)=NCCCC(NC(=O)C(N)Cc1cnc[nH]1)C(=O)NC(Cc1c[nH]c2ccccc12)C(=O)NC(CC(=O)O)C(=O)O. The second kappa shape index (κ2) is 15.7. The number of H-pyrrole nitrogens is 2. The van der Waals surface area contributed by atoms with Gasteiger partial charge < -0.3 is 53.3 Å². The maximum absolute atomic E-state index is 13.6. The van der Waals surface area contributed by atoms with Gasteiger partial charge in [0.25, 0.3) is 0 Å². The number of aromatic amines is 2. The number of carboxylic acid groups (broad SMARTS) is 2. The molecule has 2 aromatic heterocycles. The highest BCUT2D eigenvalue weighted by atomic mass is 16.4. The van der Waals surface area contributed by atoms with Gasteiger partial charge in [-0.15, -0.1) is 0 Å². The Bertz CT molecular complexity index is 1480. The number of aliphatic carboxylic acids is 2. The fourth-order valence-corrected chi connectivity index (χ4v) is 4.43. The molecule has 0 aliphatic rings. The van der Waals surface area contributed by atoms with Crippen LogP contribution in [0.5, 0.6) is 0 Å². The van der Waals surface area contributed by atoms with Gasteiger partial charge in [-0.2, -0.15) is 0 Å². The van der Waals surface area contributed by atoms with Crippen molar-refractivity contribution in [3.05, 3.63) is 54.2 Å². The van der Waals surface area contributed by atoms with Crippen molar-refractivity contribution < 1.29 is 34.2 Å². The summed E-state index contributed by atoms with van der Waals surface area (Å²) in [5.41, 5.74) is 18.8. The summed E-state index contributed by atoms with van der Waals surface area (Å²) < 4.78 is 0. The zero-order chi connectivity index (χ0) is 32.2. The summed E-state index contributed by atoms with van der Waals surface area (Å²) in [6.45, 7) is 0.150. The van der Waals surface area contributed by atoms with E-state index >= 15 is 0 Å². The van der Waals surface area contributed by atoms with Crippen LogP contribution in [0.25, 0.3) is 10.9 Å². The van der Waals surface area contributed by atoms with Crippen LogP contribution in [0.15, 0.2) is 48.0 Å². The zero-order valence-corrected chi connectivity index (χ0v) is 23.7. The van der Waals surface area contributed by atoms with Crippen molar-refractivity contribution in [2.75, 3.05) is 6.54 Å². The Morgan fingerprint density at radius 3 is 2.25 bits per heavy atom. The molecule has 3 aromatic rings. The Morgan fingerprint density at radius 1 is 0.909 bits per heavy atom. The van der Waals surface area contributed by atoms with Crippen LogP contribution >= 0.6 is 0 Å². The molecule has 0 spiro atoms. The number of guanidine groups is 1. The van der Waals surface area contributed by atoms with Crippen LogP contribution < -0.4 is 33.2 Å². The van der Waals surface area contributed by atoms with E-state index < -0.39 is 60.2 Å². The number of para-hydroxylation sites is 1. The summed E-state index contributed by atoms with van der Waals surface area (Å²) in [6, 6.07) is 1.88. The number of carbonyl (C=O) groups excluding carboxylic acids is 3. The fourth-order valence-electron chi connectivity index (χ4n) is 4.43. The van der Waals surface area contributed by atoms with E-state index in [0.29, 0.717) is 11.3 Å². The summed E-state index contributed by atoms with van der Waals surface area (Å²) in [5.74, 6) is -5.49. The summed E-state index contributed by atoms with van der Waals surface area (Å²) in [4.78, 5) is 76.4. The summed E-state index contributed by atoms with van der Waals surface area (Å²) in [6.07, 6.45) is 4.06. The minimum absolute atomic E-state index is 0.0588. The van der Waals surface area contributed by atoms with Gasteiger partial charge in [-0.25, -0.2) is 9.78 Å². The first kappa shape index (κ1) is 33.1. The standard InChI is InChI=1S/C27H36N10O7/c28-17(9-15-12-31-13-34-15)23(40)35-19(6-3-7-32-27(29)30)24(41)36-20(25(42)37-21(26(43)44)10-22(38)39)8-14-11-33-18-5-2-1-4-16(14)18/h1-2,4-5,11-13,17,19-21,33H,3,6-10,28H2,(H,31,34)(H,35,40)(H,36,41)(H,37,42)(H,38,39)(H,43,44)(H4,29,30,32). The molecule has 3 rings (SSSR count). The molecule has 0 saturated carbocycles. The molecule has 17 nitrogen and oxygen atoms in total. The average Bonchev–Trinajstić information content (AvgIpc) is 3.63. The number of fused-ring (bicyclic) bond motifs is 1. The van der Waals surface area contributed by atoms with Crippen LogP contribution in [0.3, 0.4) is 0 Å². The van der Waals surface area contributed by atoms with Crippen molar-refractivity contribution in [3.63, 3.8) is 0 Å². The first-order chi connectivity index (χ1) is 20.9. The number of nitrogens with two attached hydrogens (primary N) is 3. The van der Waals surface area contributed by atoms with E-state index in [0.717, 1.165) is 10.9 Å². The lowest BCUT2D eigenvalue weighted by Gasteiger charge is -2.25. The molecule has 4 unspecified atom stereocenters. The van der Waals surface area contributed by atoms with Gasteiger partial charge in [0, 0.05) is 48.4 Å². The number of carboxylic acids is 2. The second-order valence-corrected chi connectivity index (χ2v) is 10.0. The molecule has 13 N–H and O–H groups in total. The van der Waals surface area contributed by atoms with Crippen molar-refractivity contribution in [2.45, 2.75) is 56.3 Å². The minimum atomic E-state index is -1.75. The number of rotatable bonds is 17. The van der Waals surface area contributed by atoms with E-state index in [1.807, 2.05) is 12.1 Å². The number of benzene rings is 1. The lowest BCUT2D eigenvalue weighted by Crippen LogP contribution is -2.58. The molecule has 0 radical (unpaired) electrons. The topological polar surface area (TPSA) is 297 Å². The zero-order valence-electron chi connectivity index (χ0n) is 23.7. The summed E-state index contributed by atoms with van der Waals surface area (Å²) in [5, 5.41) is 26.7. The minimum Gasteiger partial charge on any atom is -0.481 e. The van der Waals surface area contributed by atoms with Crippen molar-refractivity contribution in [3.8, 4) is 0 Å². The van der Waals surface area contributed by atoms with Gasteiger partial charge >= 0.3 is 11.9 Å². The van der Waals surface area contributed by atoms with Gasteiger partial charge in [-0.3, -0.25) is 24.2 Å². The van der Waals surface area contributed by atoms with E-state index in [1.165, 1.54) is 12.5 Å². The maximum Gasteiger partial charge on any atom is 0.326 e. The predicted octanol–water partition coefficient (Wildman–Crippen LogP) is -1.93. The van der Waals surface area contributed by atoms with Gasteiger partial charge in [0.15, 0.2) is 5.96 Å². The fraction of sp³-hybridized carbons (Fsp3) is 0.370. The third kappa shape index (κ3) is 9.83. The van der Waals surface area contributed by atoms with E-state index in [-0.39, 0.29) is 38.2 Å². The largest absolute Gasteiger partial charge is 0.481 e. The molecule has 0 bridgehead atoms. The molecule has 2 heterocycles. The van der Waals surface area contributed by atoms with Crippen molar-refractivity contribution >= 4 is 46.5 Å². The molecule has 3 amide bonds. The molecule has 44 heavy (non-hydrogen) atoms. The van der Waals surface area contributed by atoms with Gasteiger partial charge in [0.1, 0.15) is 18.1 Å². The summed E-state index contributed by atoms with van der Waals surface area (Å²) >= 11 is 0. The van der Waals surface area contributed by atoms with Crippen LogP contribution in [0.2, 0.25) is 0 Å². The van der Waals surface area contributed by atoms with Gasteiger partial charge in [0.2, 0.25) is 17.7 Å². The third-order valence-corrected chi connectivity index (χ3v) is 6.63. The molecular weight excluding hydrogens is 576 g/mol. The molecule has 0 saturated heterocycles. The van der Waals surface area contributed by atoms with E-state index in [1.54, 1.807) is 18.3 Å². The second-order valence-electron chi connectivity index (χ2n) is 10.0. The Hall–Kier alpha value is -5.45. The Balaban J connectivity index is 1.84. The number of amides is 3. The smallest absolute Gasteiger partial charge is 0.326 e. The molecule has 0 fully saturated rings. The number of nitrogens with one attached hydrogen (secondary N) is 5. The van der Waals surface area contributed by atoms with Gasteiger partial charge in [-0.05, 0) is 24.5 Å². The highest BCUT2D eigenvalue weighted by molar-refractivity contribution is 5.95. The Labute approximate surface area is 251 Å². The number of hydrogen-bond donors (Lipinski definition) is 10. The van der Waals surface area contributed by atoms with Crippen LogP contribution in [0, 0.1) is 0 Å². The molecule has 4 atom stereocenters. The predicted molar refractivity (Wildman–Crippen MR) is 158 cm³/mol. The monoisotopic (exact) mass is 612 g/mol. The Kier molecular flexibility index (Phi) is 11.8. The maximum atomic E-state index is 13.6. The van der Waals surface area contributed by atoms with Crippen molar-refractivity contribution in [1.82, 2.24) is 30.9 Å². The van der Waals surface area contributed by atoms with Gasteiger partial charge in [0.05, 0.1) is 18.8 Å². The van der Waals surface area contributed by atoms with Crippen LogP contribution in [0.4, 0.5) is 0 Å².